The van der Waals surface area contributed by atoms with Gasteiger partial charge in [-0.15, -0.1) is 0 Å². The summed E-state index contributed by atoms with van der Waals surface area (Å²) in [5, 5.41) is 2.94. The van der Waals surface area contributed by atoms with Crippen LogP contribution in [0.1, 0.15) is 41.0 Å². The van der Waals surface area contributed by atoms with Gasteiger partial charge in [0.1, 0.15) is 0 Å². The number of urea groups is 1. The van der Waals surface area contributed by atoms with E-state index >= 15 is 0 Å². The first-order valence-corrected chi connectivity index (χ1v) is 4.97. The Morgan fingerprint density at radius 3 is 2.15 bits per heavy atom. The van der Waals surface area contributed by atoms with E-state index in [1.165, 1.54) is 0 Å². The van der Waals surface area contributed by atoms with Crippen molar-refractivity contribution in [2.24, 2.45) is 0 Å². The van der Waals surface area contributed by atoms with Crippen LogP contribution in [0.3, 0.4) is 0 Å². The first-order valence-electron chi connectivity index (χ1n) is 4.97. The van der Waals surface area contributed by atoms with Crippen molar-refractivity contribution in [1.29, 1.82) is 0 Å². The Hall–Kier alpha value is -0.730. The fraction of sp³-hybridized carbons (Fsp3) is 0.900. The van der Waals surface area contributed by atoms with Gasteiger partial charge >= 0.3 is 6.03 Å². The lowest BCUT2D eigenvalue weighted by atomic mass is 10.1. The van der Waals surface area contributed by atoms with Crippen LogP contribution in [0.15, 0.2) is 0 Å². The van der Waals surface area contributed by atoms with Crippen molar-refractivity contribution in [3.05, 3.63) is 0 Å². The molecule has 0 aliphatic carbocycles. The molecule has 0 rings (SSSR count). The van der Waals surface area contributed by atoms with Gasteiger partial charge in [-0.3, -0.25) is 0 Å². The summed E-state index contributed by atoms with van der Waals surface area (Å²) in [4.78, 5) is 13.4. The lowest BCUT2D eigenvalue weighted by Crippen LogP contribution is -2.48. The first-order chi connectivity index (χ1) is 5.90. The molecule has 0 saturated heterocycles. The molecule has 0 atom stereocenters. The fourth-order valence-electron chi connectivity index (χ4n) is 1.07. The maximum atomic E-state index is 11.6. The molecule has 13 heavy (non-hydrogen) atoms. The molecular formula is C10H22N2O. The molecule has 3 heteroatoms. The minimum absolute atomic E-state index is 0.0388. The highest BCUT2D eigenvalue weighted by Crippen LogP contribution is 2.01. The van der Waals surface area contributed by atoms with Gasteiger partial charge in [-0.25, -0.2) is 4.79 Å². The number of nitrogens with zero attached hydrogens (tertiary/aromatic N) is 1. The Balaban J connectivity index is 4.06. The van der Waals surface area contributed by atoms with Gasteiger partial charge in [-0.2, -0.15) is 0 Å². The smallest absolute Gasteiger partial charge is 0.317 e. The molecule has 0 fully saturated rings. The lowest BCUT2D eigenvalue weighted by molar-refractivity contribution is 0.191. The van der Waals surface area contributed by atoms with Crippen LogP contribution in [-0.2, 0) is 0 Å². The molecule has 0 aromatic heterocycles. The Bertz CT molecular complexity index is 161. The highest BCUT2D eigenvalue weighted by molar-refractivity contribution is 5.74. The molecular weight excluding hydrogens is 164 g/mol. The number of hydrogen-bond acceptors (Lipinski definition) is 1. The van der Waals surface area contributed by atoms with Crippen molar-refractivity contribution in [3.8, 4) is 0 Å². The van der Waals surface area contributed by atoms with E-state index in [0.717, 1.165) is 19.5 Å². The third-order valence-corrected chi connectivity index (χ3v) is 1.64. The summed E-state index contributed by atoms with van der Waals surface area (Å²) < 4.78 is 0. The minimum Gasteiger partial charge on any atom is -0.333 e. The zero-order valence-electron chi connectivity index (χ0n) is 9.48. The van der Waals surface area contributed by atoms with Crippen LogP contribution in [0, 0.1) is 0 Å². The number of nitrogens with one attached hydrogen (secondary N) is 1. The van der Waals surface area contributed by atoms with E-state index in [4.69, 9.17) is 0 Å². The van der Waals surface area contributed by atoms with Crippen LogP contribution < -0.4 is 5.32 Å². The molecule has 3 nitrogen and oxygen atoms in total. The number of carbonyl (C=O) groups is 1. The summed E-state index contributed by atoms with van der Waals surface area (Å²) in [6.07, 6.45) is 1.01. The zero-order valence-corrected chi connectivity index (χ0v) is 9.48. The van der Waals surface area contributed by atoms with Crippen LogP contribution in [0.5, 0.6) is 0 Å². The van der Waals surface area contributed by atoms with Gasteiger partial charge in [0.05, 0.1) is 0 Å². The summed E-state index contributed by atoms with van der Waals surface area (Å²) in [5.41, 5.74) is -0.141. The summed E-state index contributed by atoms with van der Waals surface area (Å²) in [5.74, 6) is 0. The van der Waals surface area contributed by atoms with E-state index < -0.39 is 0 Å². The predicted molar refractivity (Wildman–Crippen MR) is 55.8 cm³/mol. The SMILES string of the molecule is CCCN(CC)C(=O)NC(C)(C)C. The van der Waals surface area contributed by atoms with Crippen molar-refractivity contribution < 1.29 is 4.79 Å². The molecule has 0 aromatic carbocycles. The highest BCUT2D eigenvalue weighted by atomic mass is 16.2. The second kappa shape index (κ2) is 5.10. The first kappa shape index (κ1) is 12.3. The lowest BCUT2D eigenvalue weighted by Gasteiger charge is -2.27. The van der Waals surface area contributed by atoms with E-state index in [0.29, 0.717) is 0 Å². The molecule has 0 spiro atoms. The van der Waals surface area contributed by atoms with E-state index in [1.807, 2.05) is 32.6 Å². The second-order valence-electron chi connectivity index (χ2n) is 4.26. The predicted octanol–water partition coefficient (Wildman–Crippen LogP) is 2.23. The topological polar surface area (TPSA) is 32.3 Å². The van der Waals surface area contributed by atoms with E-state index in [9.17, 15) is 4.79 Å². The van der Waals surface area contributed by atoms with Gasteiger partial charge in [-0.1, -0.05) is 6.92 Å². The summed E-state index contributed by atoms with van der Waals surface area (Å²) in [7, 11) is 0. The van der Waals surface area contributed by atoms with Gasteiger partial charge in [0, 0.05) is 18.6 Å². The van der Waals surface area contributed by atoms with E-state index in [1.54, 1.807) is 0 Å². The fourth-order valence-corrected chi connectivity index (χ4v) is 1.07. The van der Waals surface area contributed by atoms with Crippen LogP contribution >= 0.6 is 0 Å². The Morgan fingerprint density at radius 2 is 1.85 bits per heavy atom. The van der Waals surface area contributed by atoms with Crippen molar-refractivity contribution >= 4 is 6.03 Å². The number of hydrogen-bond donors (Lipinski definition) is 1. The molecule has 78 valence electrons. The summed E-state index contributed by atoms with van der Waals surface area (Å²) >= 11 is 0. The third kappa shape index (κ3) is 5.50. The number of rotatable bonds is 3. The molecule has 1 N–H and O–H groups in total. The standard InChI is InChI=1S/C10H22N2O/c1-6-8-12(7-2)9(13)11-10(3,4)5/h6-8H2,1-5H3,(H,11,13). The van der Waals surface area contributed by atoms with Gasteiger partial charge in [0.2, 0.25) is 0 Å². The van der Waals surface area contributed by atoms with Crippen molar-refractivity contribution in [1.82, 2.24) is 10.2 Å². The average molecular weight is 186 g/mol. The highest BCUT2D eigenvalue weighted by Gasteiger charge is 2.17. The van der Waals surface area contributed by atoms with Crippen LogP contribution in [-0.4, -0.2) is 29.6 Å². The van der Waals surface area contributed by atoms with Gasteiger partial charge in [-0.05, 0) is 34.1 Å². The minimum atomic E-state index is -0.141. The van der Waals surface area contributed by atoms with E-state index in [-0.39, 0.29) is 11.6 Å². The largest absolute Gasteiger partial charge is 0.333 e. The molecule has 2 amide bonds. The van der Waals surface area contributed by atoms with Crippen LogP contribution in [0.4, 0.5) is 4.79 Å². The van der Waals surface area contributed by atoms with Crippen molar-refractivity contribution in [2.75, 3.05) is 13.1 Å². The van der Waals surface area contributed by atoms with Crippen LogP contribution in [0.25, 0.3) is 0 Å². The van der Waals surface area contributed by atoms with Gasteiger partial charge < -0.3 is 10.2 Å². The maximum Gasteiger partial charge on any atom is 0.317 e. The monoisotopic (exact) mass is 186 g/mol. The average Bonchev–Trinajstić information content (AvgIpc) is 1.96. The molecule has 0 aliphatic rings. The van der Waals surface area contributed by atoms with Crippen LogP contribution in [0.2, 0.25) is 0 Å². The Labute approximate surface area is 81.5 Å². The zero-order chi connectivity index (χ0) is 10.5. The summed E-state index contributed by atoms with van der Waals surface area (Å²) in [6.45, 7) is 11.7. The van der Waals surface area contributed by atoms with Gasteiger partial charge in [0.15, 0.2) is 0 Å². The van der Waals surface area contributed by atoms with E-state index in [2.05, 4.69) is 12.2 Å². The molecule has 0 unspecified atom stereocenters. The molecule has 0 bridgehead atoms. The quantitative estimate of drug-likeness (QED) is 0.720. The molecule has 0 saturated carbocycles. The second-order valence-corrected chi connectivity index (χ2v) is 4.26. The Kier molecular flexibility index (Phi) is 4.81. The number of amides is 2. The third-order valence-electron chi connectivity index (χ3n) is 1.64. The van der Waals surface area contributed by atoms with Crippen molar-refractivity contribution in [3.63, 3.8) is 0 Å². The number of carbonyl (C=O) groups excluding carboxylic acids is 1. The maximum absolute atomic E-state index is 11.6. The molecule has 0 heterocycles. The molecule has 0 aliphatic heterocycles. The van der Waals surface area contributed by atoms with Crippen molar-refractivity contribution in [2.45, 2.75) is 46.6 Å². The Morgan fingerprint density at radius 1 is 1.31 bits per heavy atom. The molecule has 0 radical (unpaired) electrons. The molecule has 0 aromatic rings. The summed E-state index contributed by atoms with van der Waals surface area (Å²) in [6, 6.07) is 0.0388. The van der Waals surface area contributed by atoms with Gasteiger partial charge in [0.25, 0.3) is 0 Å². The normalized spacial score (nSPS) is 11.2.